The Morgan fingerprint density at radius 2 is 1.78 bits per heavy atom. The Labute approximate surface area is 216 Å². The highest BCUT2D eigenvalue weighted by atomic mass is 32.2. The smallest absolute Gasteiger partial charge is 0.243 e. The second kappa shape index (κ2) is 10.2. The first-order chi connectivity index (χ1) is 17.8. The Bertz CT molecular complexity index is 1510. The second-order valence-corrected chi connectivity index (χ2v) is 10.9. The van der Waals surface area contributed by atoms with Gasteiger partial charge in [-0.25, -0.2) is 13.4 Å². The van der Waals surface area contributed by atoms with Crippen LogP contribution in [-0.4, -0.2) is 47.9 Å². The Morgan fingerprint density at radius 1 is 1.05 bits per heavy atom. The van der Waals surface area contributed by atoms with Gasteiger partial charge in [0, 0.05) is 23.5 Å². The SMILES string of the molecule is COc1ccc(S(=O)(=O)N(CC(=O)Nc2nc(-c3ccccc3)cn2-c2cccc(C)c2)C2CC2)cc1. The van der Waals surface area contributed by atoms with Crippen LogP contribution in [0.3, 0.4) is 0 Å². The Kier molecular flexibility index (Phi) is 6.82. The first kappa shape index (κ1) is 24.7. The van der Waals surface area contributed by atoms with E-state index in [1.165, 1.54) is 23.5 Å². The van der Waals surface area contributed by atoms with Crippen LogP contribution in [0.2, 0.25) is 0 Å². The van der Waals surface area contributed by atoms with Crippen LogP contribution in [0, 0.1) is 6.92 Å². The van der Waals surface area contributed by atoms with Gasteiger partial charge in [-0.05, 0) is 61.7 Å². The summed E-state index contributed by atoms with van der Waals surface area (Å²) in [5.74, 6) is 0.432. The molecule has 3 aromatic carbocycles. The molecule has 37 heavy (non-hydrogen) atoms. The number of ether oxygens (including phenoxy) is 1. The molecule has 1 heterocycles. The van der Waals surface area contributed by atoms with Crippen molar-refractivity contribution in [1.82, 2.24) is 13.9 Å². The fourth-order valence-corrected chi connectivity index (χ4v) is 5.79. The number of hydrogen-bond acceptors (Lipinski definition) is 5. The molecule has 0 bridgehead atoms. The van der Waals surface area contributed by atoms with Crippen LogP contribution >= 0.6 is 0 Å². The van der Waals surface area contributed by atoms with Crippen molar-refractivity contribution in [1.29, 1.82) is 0 Å². The van der Waals surface area contributed by atoms with E-state index in [0.29, 0.717) is 17.4 Å². The van der Waals surface area contributed by atoms with E-state index in [2.05, 4.69) is 10.3 Å². The number of carbonyl (C=O) groups is 1. The van der Waals surface area contributed by atoms with Crippen molar-refractivity contribution in [2.24, 2.45) is 0 Å². The van der Waals surface area contributed by atoms with Crippen molar-refractivity contribution in [2.45, 2.75) is 30.7 Å². The molecular weight excluding hydrogens is 488 g/mol. The number of imidazole rings is 1. The van der Waals surface area contributed by atoms with Crippen LogP contribution in [0.15, 0.2) is 90.0 Å². The number of nitrogens with zero attached hydrogens (tertiary/aromatic N) is 3. The summed E-state index contributed by atoms with van der Waals surface area (Å²) in [6.07, 6.45) is 3.31. The Morgan fingerprint density at radius 3 is 2.43 bits per heavy atom. The zero-order valence-corrected chi connectivity index (χ0v) is 21.5. The number of nitrogens with one attached hydrogen (secondary N) is 1. The topological polar surface area (TPSA) is 93.5 Å². The molecular formula is C28H28N4O4S. The number of carbonyl (C=O) groups excluding carboxylic acids is 1. The largest absolute Gasteiger partial charge is 0.497 e. The van der Waals surface area contributed by atoms with Crippen molar-refractivity contribution in [3.8, 4) is 22.7 Å². The van der Waals surface area contributed by atoms with E-state index >= 15 is 0 Å². The third kappa shape index (κ3) is 5.42. The number of hydrogen-bond donors (Lipinski definition) is 1. The van der Waals surface area contributed by atoms with Gasteiger partial charge in [-0.15, -0.1) is 0 Å². The Hall–Kier alpha value is -3.95. The zero-order valence-electron chi connectivity index (χ0n) is 20.7. The van der Waals surface area contributed by atoms with Crippen molar-refractivity contribution in [3.63, 3.8) is 0 Å². The number of amides is 1. The molecule has 1 aliphatic rings. The van der Waals surface area contributed by atoms with Gasteiger partial charge in [0.25, 0.3) is 0 Å². The number of methoxy groups -OCH3 is 1. The standard InChI is InChI=1S/C28H28N4O4S/c1-20-7-6-10-23(17-20)31-18-26(21-8-4-3-5-9-21)29-28(31)30-27(33)19-32(22-11-12-22)37(34,35)25-15-13-24(36-2)14-16-25/h3-10,13-18,22H,11-12,19H2,1-2H3,(H,29,30,33). The van der Waals surface area contributed by atoms with Gasteiger partial charge in [0.2, 0.25) is 21.9 Å². The molecule has 0 unspecified atom stereocenters. The van der Waals surface area contributed by atoms with Gasteiger partial charge < -0.3 is 4.74 Å². The lowest BCUT2D eigenvalue weighted by molar-refractivity contribution is -0.116. The number of sulfonamides is 1. The van der Waals surface area contributed by atoms with Gasteiger partial charge in [-0.1, -0.05) is 42.5 Å². The molecule has 190 valence electrons. The van der Waals surface area contributed by atoms with Gasteiger partial charge in [0.05, 0.1) is 24.2 Å². The van der Waals surface area contributed by atoms with Crippen LogP contribution in [0.25, 0.3) is 16.9 Å². The highest BCUT2D eigenvalue weighted by Gasteiger charge is 2.39. The average molecular weight is 517 g/mol. The number of aromatic nitrogens is 2. The first-order valence-electron chi connectivity index (χ1n) is 12.0. The van der Waals surface area contributed by atoms with E-state index in [1.54, 1.807) is 12.1 Å². The first-order valence-corrected chi connectivity index (χ1v) is 13.5. The molecule has 1 fully saturated rings. The monoisotopic (exact) mass is 516 g/mol. The molecule has 1 N–H and O–H groups in total. The number of aryl methyl sites for hydroxylation is 1. The minimum absolute atomic E-state index is 0.126. The van der Waals surface area contributed by atoms with Crippen molar-refractivity contribution >= 4 is 21.9 Å². The summed E-state index contributed by atoms with van der Waals surface area (Å²) in [6.45, 7) is 1.69. The molecule has 5 rings (SSSR count). The third-order valence-corrected chi connectivity index (χ3v) is 8.14. The molecule has 1 aromatic heterocycles. The maximum absolute atomic E-state index is 13.4. The summed E-state index contributed by atoms with van der Waals surface area (Å²) in [4.78, 5) is 18.0. The van der Waals surface area contributed by atoms with Crippen LogP contribution in [0.1, 0.15) is 18.4 Å². The van der Waals surface area contributed by atoms with E-state index in [0.717, 1.165) is 29.7 Å². The van der Waals surface area contributed by atoms with E-state index in [4.69, 9.17) is 4.74 Å². The van der Waals surface area contributed by atoms with Crippen LogP contribution < -0.4 is 10.1 Å². The molecule has 1 aliphatic carbocycles. The summed E-state index contributed by atoms with van der Waals surface area (Å²) in [7, 11) is -2.34. The summed E-state index contributed by atoms with van der Waals surface area (Å²) in [5, 5.41) is 2.86. The maximum Gasteiger partial charge on any atom is 0.243 e. The minimum atomic E-state index is -3.87. The third-order valence-electron chi connectivity index (χ3n) is 6.23. The highest BCUT2D eigenvalue weighted by Crippen LogP contribution is 2.32. The number of anilines is 1. The van der Waals surface area contributed by atoms with Crippen LogP contribution in [0.4, 0.5) is 5.95 Å². The quantitative estimate of drug-likeness (QED) is 0.350. The second-order valence-electron chi connectivity index (χ2n) is 9.03. The van der Waals surface area contributed by atoms with Gasteiger partial charge in [-0.3, -0.25) is 14.7 Å². The van der Waals surface area contributed by atoms with Crippen LogP contribution in [0.5, 0.6) is 5.75 Å². The normalized spacial score (nSPS) is 13.5. The van der Waals surface area contributed by atoms with Gasteiger partial charge in [0.1, 0.15) is 5.75 Å². The molecule has 0 aliphatic heterocycles. The number of rotatable bonds is 9. The van der Waals surface area contributed by atoms with E-state index in [9.17, 15) is 13.2 Å². The van der Waals surface area contributed by atoms with Crippen molar-refractivity contribution in [2.75, 3.05) is 19.0 Å². The molecule has 1 saturated carbocycles. The molecule has 0 radical (unpaired) electrons. The van der Waals surface area contributed by atoms with E-state index in [1.807, 2.05) is 72.3 Å². The maximum atomic E-state index is 13.4. The van der Waals surface area contributed by atoms with Gasteiger partial charge >= 0.3 is 0 Å². The fraction of sp³-hybridized carbons (Fsp3) is 0.214. The van der Waals surface area contributed by atoms with Gasteiger partial charge in [0.15, 0.2) is 0 Å². The predicted molar refractivity (Wildman–Crippen MR) is 142 cm³/mol. The summed E-state index contributed by atoms with van der Waals surface area (Å²) in [5.41, 5.74) is 3.51. The molecule has 8 nitrogen and oxygen atoms in total. The molecule has 9 heteroatoms. The molecule has 0 spiro atoms. The predicted octanol–water partition coefficient (Wildman–Crippen LogP) is 4.65. The fourth-order valence-electron chi connectivity index (χ4n) is 4.15. The average Bonchev–Trinajstić information content (AvgIpc) is 3.66. The summed E-state index contributed by atoms with van der Waals surface area (Å²) in [6, 6.07) is 23.5. The number of benzene rings is 3. The molecule has 1 amide bonds. The Balaban J connectivity index is 1.43. The lowest BCUT2D eigenvalue weighted by Gasteiger charge is -2.21. The summed E-state index contributed by atoms with van der Waals surface area (Å²) < 4.78 is 35.0. The lowest BCUT2D eigenvalue weighted by Crippen LogP contribution is -2.39. The van der Waals surface area contributed by atoms with Crippen molar-refractivity contribution in [3.05, 3.63) is 90.6 Å². The molecule has 0 saturated heterocycles. The van der Waals surface area contributed by atoms with Gasteiger partial charge in [-0.2, -0.15) is 4.31 Å². The highest BCUT2D eigenvalue weighted by molar-refractivity contribution is 7.89. The van der Waals surface area contributed by atoms with Crippen molar-refractivity contribution < 1.29 is 17.9 Å². The lowest BCUT2D eigenvalue weighted by atomic mass is 10.2. The minimum Gasteiger partial charge on any atom is -0.497 e. The van der Waals surface area contributed by atoms with E-state index < -0.39 is 15.9 Å². The molecule has 4 aromatic rings. The zero-order chi connectivity index (χ0) is 26.0. The molecule has 0 atom stereocenters. The van der Waals surface area contributed by atoms with Crippen LogP contribution in [-0.2, 0) is 14.8 Å². The van der Waals surface area contributed by atoms with E-state index in [-0.39, 0.29) is 17.5 Å². The summed E-state index contributed by atoms with van der Waals surface area (Å²) >= 11 is 0.